The molecule has 0 amide bonds. The molecule has 0 saturated carbocycles. The normalized spacial score (nSPS) is 10.4. The molecule has 0 fully saturated rings. The number of benzene rings is 2. The third kappa shape index (κ3) is 2.25. The summed E-state index contributed by atoms with van der Waals surface area (Å²) in [6, 6.07) is 9.65. The summed E-state index contributed by atoms with van der Waals surface area (Å²) in [7, 11) is 0. The van der Waals surface area contributed by atoms with Gasteiger partial charge in [-0.3, -0.25) is 0 Å². The van der Waals surface area contributed by atoms with Gasteiger partial charge < -0.3 is 5.11 Å². The summed E-state index contributed by atoms with van der Waals surface area (Å²) in [5, 5.41) is 9.14. The summed E-state index contributed by atoms with van der Waals surface area (Å²) < 4.78 is 13.1. The molecule has 0 radical (unpaired) electrons. The largest absolute Gasteiger partial charge is 0.478 e. The minimum Gasteiger partial charge on any atom is -0.478 e. The van der Waals surface area contributed by atoms with Gasteiger partial charge in [0.05, 0.1) is 5.56 Å². The van der Waals surface area contributed by atoms with Crippen molar-refractivity contribution in [2.24, 2.45) is 0 Å². The molecule has 0 bridgehead atoms. The fourth-order valence-corrected chi connectivity index (χ4v) is 1.95. The molecule has 0 aliphatic heterocycles. The molecule has 0 heterocycles. The number of halogens is 1. The van der Waals surface area contributed by atoms with E-state index < -0.39 is 11.8 Å². The number of rotatable bonds is 2. The molecule has 0 unspecified atom stereocenters. The first-order valence-corrected chi connectivity index (χ1v) is 5.59. The first-order valence-electron chi connectivity index (χ1n) is 5.59. The molecule has 2 nitrogen and oxygen atoms in total. The molecule has 0 aliphatic carbocycles. The van der Waals surface area contributed by atoms with Crippen molar-refractivity contribution in [3.8, 4) is 11.1 Å². The zero-order valence-corrected chi connectivity index (χ0v) is 10.2. The van der Waals surface area contributed by atoms with Gasteiger partial charge in [0.1, 0.15) is 5.82 Å². The van der Waals surface area contributed by atoms with Crippen molar-refractivity contribution >= 4 is 5.97 Å². The van der Waals surface area contributed by atoms with E-state index in [4.69, 9.17) is 5.11 Å². The van der Waals surface area contributed by atoms with Gasteiger partial charge in [0, 0.05) is 0 Å². The van der Waals surface area contributed by atoms with Gasteiger partial charge in [-0.15, -0.1) is 0 Å². The number of carboxylic acid groups (broad SMARTS) is 1. The Morgan fingerprint density at radius 2 is 1.78 bits per heavy atom. The zero-order chi connectivity index (χ0) is 13.3. The fraction of sp³-hybridized carbons (Fsp3) is 0.133. The number of carbonyl (C=O) groups is 1. The maximum atomic E-state index is 13.1. The molecule has 92 valence electrons. The highest BCUT2D eigenvalue weighted by atomic mass is 19.1. The molecular weight excluding hydrogens is 231 g/mol. The van der Waals surface area contributed by atoms with Crippen LogP contribution in [0.1, 0.15) is 21.5 Å². The second-order valence-electron chi connectivity index (χ2n) is 4.31. The maximum absolute atomic E-state index is 13.1. The molecule has 0 saturated heterocycles. The zero-order valence-electron chi connectivity index (χ0n) is 10.2. The van der Waals surface area contributed by atoms with E-state index in [2.05, 4.69) is 0 Å². The van der Waals surface area contributed by atoms with E-state index in [1.807, 2.05) is 32.0 Å². The van der Waals surface area contributed by atoms with Crippen LogP contribution in [0.15, 0.2) is 36.4 Å². The van der Waals surface area contributed by atoms with Gasteiger partial charge in [0.15, 0.2) is 0 Å². The van der Waals surface area contributed by atoms with E-state index in [9.17, 15) is 9.18 Å². The summed E-state index contributed by atoms with van der Waals surface area (Å²) in [4.78, 5) is 11.2. The summed E-state index contributed by atoms with van der Waals surface area (Å²) >= 11 is 0. The second kappa shape index (κ2) is 4.61. The quantitative estimate of drug-likeness (QED) is 0.872. The van der Waals surface area contributed by atoms with Crippen LogP contribution in [0.4, 0.5) is 4.39 Å². The lowest BCUT2D eigenvalue weighted by molar-refractivity contribution is 0.0697. The van der Waals surface area contributed by atoms with Crippen LogP contribution in [0.2, 0.25) is 0 Å². The number of carboxylic acids is 1. The highest BCUT2D eigenvalue weighted by molar-refractivity contribution is 5.96. The van der Waals surface area contributed by atoms with Crippen LogP contribution < -0.4 is 0 Å². The van der Waals surface area contributed by atoms with E-state index in [0.717, 1.165) is 22.8 Å². The summed E-state index contributed by atoms with van der Waals surface area (Å²) in [6.45, 7) is 3.84. The van der Waals surface area contributed by atoms with Crippen LogP contribution in [0.3, 0.4) is 0 Å². The minimum absolute atomic E-state index is 0.0105. The first-order chi connectivity index (χ1) is 8.49. The second-order valence-corrected chi connectivity index (χ2v) is 4.31. The van der Waals surface area contributed by atoms with E-state index in [-0.39, 0.29) is 5.56 Å². The summed E-state index contributed by atoms with van der Waals surface area (Å²) in [6.07, 6.45) is 0. The Balaban J connectivity index is 2.70. The van der Waals surface area contributed by atoms with Crippen molar-refractivity contribution in [3.63, 3.8) is 0 Å². The first kappa shape index (κ1) is 12.3. The van der Waals surface area contributed by atoms with Gasteiger partial charge in [-0.1, -0.05) is 29.8 Å². The Morgan fingerprint density at radius 3 is 2.44 bits per heavy atom. The molecule has 2 rings (SSSR count). The monoisotopic (exact) mass is 244 g/mol. The Hall–Kier alpha value is -2.16. The van der Waals surface area contributed by atoms with Crippen molar-refractivity contribution in [1.29, 1.82) is 0 Å². The third-order valence-electron chi connectivity index (χ3n) is 2.90. The van der Waals surface area contributed by atoms with Crippen LogP contribution in [-0.4, -0.2) is 11.1 Å². The topological polar surface area (TPSA) is 37.3 Å². The highest BCUT2D eigenvalue weighted by Gasteiger charge is 2.14. The lowest BCUT2D eigenvalue weighted by Gasteiger charge is -2.10. The maximum Gasteiger partial charge on any atom is 0.336 e. The van der Waals surface area contributed by atoms with Crippen LogP contribution in [0.25, 0.3) is 11.1 Å². The number of hydrogen-bond acceptors (Lipinski definition) is 1. The van der Waals surface area contributed by atoms with E-state index in [1.54, 1.807) is 0 Å². The fourth-order valence-electron chi connectivity index (χ4n) is 1.95. The number of aromatic carboxylic acids is 1. The van der Waals surface area contributed by atoms with Crippen LogP contribution in [0.5, 0.6) is 0 Å². The van der Waals surface area contributed by atoms with Crippen molar-refractivity contribution in [2.75, 3.05) is 0 Å². The summed E-state index contributed by atoms with van der Waals surface area (Å²) in [5.41, 5.74) is 3.37. The molecule has 18 heavy (non-hydrogen) atoms. The third-order valence-corrected chi connectivity index (χ3v) is 2.90. The van der Waals surface area contributed by atoms with Crippen molar-refractivity contribution < 1.29 is 14.3 Å². The predicted molar refractivity (Wildman–Crippen MR) is 68.3 cm³/mol. The van der Waals surface area contributed by atoms with Crippen LogP contribution in [0, 0.1) is 19.7 Å². The molecule has 3 heteroatoms. The van der Waals surface area contributed by atoms with Gasteiger partial charge in [-0.25, -0.2) is 9.18 Å². The molecular formula is C15H13FO2. The lowest BCUT2D eigenvalue weighted by Crippen LogP contribution is -2.01. The smallest absolute Gasteiger partial charge is 0.336 e. The molecule has 2 aromatic rings. The molecule has 0 aromatic heterocycles. The average molecular weight is 244 g/mol. The summed E-state index contributed by atoms with van der Waals surface area (Å²) in [5.74, 6) is -1.66. The molecule has 1 N–H and O–H groups in total. The van der Waals surface area contributed by atoms with Gasteiger partial charge in [0.2, 0.25) is 0 Å². The highest BCUT2D eigenvalue weighted by Crippen LogP contribution is 2.28. The molecule has 0 spiro atoms. The standard InChI is InChI=1S/C15H13FO2/c1-9-3-4-10(2)13(7-9)12-6-5-11(16)8-14(12)15(17)18/h3-8H,1-2H3,(H,17,18). The Bertz CT molecular complexity index is 618. The SMILES string of the molecule is Cc1ccc(C)c(-c2ccc(F)cc2C(=O)O)c1. The van der Waals surface area contributed by atoms with E-state index in [0.29, 0.717) is 5.56 Å². The van der Waals surface area contributed by atoms with Gasteiger partial charge in [-0.2, -0.15) is 0 Å². The molecule has 2 aromatic carbocycles. The molecule has 0 atom stereocenters. The van der Waals surface area contributed by atoms with Gasteiger partial charge >= 0.3 is 5.97 Å². The average Bonchev–Trinajstić information content (AvgIpc) is 2.32. The van der Waals surface area contributed by atoms with Gasteiger partial charge in [0.25, 0.3) is 0 Å². The minimum atomic E-state index is -1.12. The van der Waals surface area contributed by atoms with Crippen molar-refractivity contribution in [3.05, 3.63) is 58.9 Å². The Kier molecular flexibility index (Phi) is 3.15. The van der Waals surface area contributed by atoms with Crippen molar-refractivity contribution in [2.45, 2.75) is 13.8 Å². The Labute approximate surface area is 105 Å². The Morgan fingerprint density at radius 1 is 1.06 bits per heavy atom. The van der Waals surface area contributed by atoms with Crippen LogP contribution >= 0.6 is 0 Å². The van der Waals surface area contributed by atoms with Gasteiger partial charge in [-0.05, 0) is 42.7 Å². The lowest BCUT2D eigenvalue weighted by atomic mass is 9.94. The van der Waals surface area contributed by atoms with Crippen LogP contribution in [-0.2, 0) is 0 Å². The number of aryl methyl sites for hydroxylation is 2. The molecule has 0 aliphatic rings. The number of hydrogen-bond donors (Lipinski definition) is 1. The predicted octanol–water partition coefficient (Wildman–Crippen LogP) is 3.81. The van der Waals surface area contributed by atoms with E-state index in [1.165, 1.54) is 12.1 Å². The van der Waals surface area contributed by atoms with E-state index >= 15 is 0 Å². The van der Waals surface area contributed by atoms with Crippen molar-refractivity contribution in [1.82, 2.24) is 0 Å².